The van der Waals surface area contributed by atoms with E-state index in [0.29, 0.717) is 5.57 Å². The van der Waals surface area contributed by atoms with Crippen molar-refractivity contribution in [3.8, 4) is 5.69 Å². The summed E-state index contributed by atoms with van der Waals surface area (Å²) in [7, 11) is 0. The van der Waals surface area contributed by atoms with Crippen LogP contribution >= 0.6 is 0 Å². The number of benzene rings is 2. The molecule has 0 unspecified atom stereocenters. The largest absolute Gasteiger partial charge is 0.361 e. The molecule has 0 aliphatic carbocycles. The van der Waals surface area contributed by atoms with Crippen LogP contribution in [0.15, 0.2) is 67.4 Å². The first-order valence-corrected chi connectivity index (χ1v) is 7.14. The number of fused-ring (bicyclic) bond motifs is 1. The highest BCUT2D eigenvalue weighted by Gasteiger charge is 2.23. The van der Waals surface area contributed by atoms with Gasteiger partial charge < -0.3 is 10.6 Å². The monoisotopic (exact) mass is 303 g/mol. The second-order valence-corrected chi connectivity index (χ2v) is 5.09. The van der Waals surface area contributed by atoms with Gasteiger partial charge in [-0.2, -0.15) is 5.10 Å². The van der Waals surface area contributed by atoms with Gasteiger partial charge >= 0.3 is 0 Å². The van der Waals surface area contributed by atoms with Gasteiger partial charge in [0.2, 0.25) is 0 Å². The van der Waals surface area contributed by atoms with E-state index in [-0.39, 0.29) is 5.91 Å². The molecule has 0 saturated heterocycles. The molecular weight excluding hydrogens is 290 g/mol. The SMILES string of the molecule is O=C1Nc2ccccc2/C1=C/Nc1ccc(-n2cncn2)cc1. The first-order chi connectivity index (χ1) is 11.3. The zero-order valence-corrected chi connectivity index (χ0v) is 12.1. The maximum absolute atomic E-state index is 12.0. The summed E-state index contributed by atoms with van der Waals surface area (Å²) in [6, 6.07) is 15.3. The van der Waals surface area contributed by atoms with Crippen LogP contribution in [0.25, 0.3) is 11.3 Å². The lowest BCUT2D eigenvalue weighted by Crippen LogP contribution is -2.05. The molecule has 23 heavy (non-hydrogen) atoms. The number of carbonyl (C=O) groups excluding carboxylic acids is 1. The smallest absolute Gasteiger partial charge is 0.257 e. The second kappa shape index (κ2) is 5.42. The molecule has 0 fully saturated rings. The lowest BCUT2D eigenvalue weighted by atomic mass is 10.1. The zero-order valence-electron chi connectivity index (χ0n) is 12.1. The van der Waals surface area contributed by atoms with E-state index in [4.69, 9.17) is 0 Å². The number of rotatable bonds is 3. The summed E-state index contributed by atoms with van der Waals surface area (Å²) in [6.07, 6.45) is 4.86. The number of hydrogen-bond donors (Lipinski definition) is 2. The average Bonchev–Trinajstić information content (AvgIpc) is 3.21. The highest BCUT2D eigenvalue weighted by molar-refractivity contribution is 6.31. The van der Waals surface area contributed by atoms with Gasteiger partial charge in [0.25, 0.3) is 5.91 Å². The normalized spacial score (nSPS) is 14.6. The minimum absolute atomic E-state index is 0.0991. The fraction of sp³-hybridized carbons (Fsp3) is 0. The number of aromatic nitrogens is 3. The second-order valence-electron chi connectivity index (χ2n) is 5.09. The Morgan fingerprint density at radius 1 is 1.09 bits per heavy atom. The Bertz CT molecular complexity index is 882. The van der Waals surface area contributed by atoms with E-state index in [1.807, 2.05) is 48.5 Å². The fourth-order valence-corrected chi connectivity index (χ4v) is 2.49. The van der Waals surface area contributed by atoms with Crippen LogP contribution in [0.1, 0.15) is 5.56 Å². The van der Waals surface area contributed by atoms with E-state index >= 15 is 0 Å². The van der Waals surface area contributed by atoms with Crippen LogP contribution < -0.4 is 10.6 Å². The molecule has 2 aromatic carbocycles. The van der Waals surface area contributed by atoms with Crippen molar-refractivity contribution in [3.63, 3.8) is 0 Å². The van der Waals surface area contributed by atoms with Crippen molar-refractivity contribution in [3.05, 3.63) is 72.9 Å². The molecule has 112 valence electrons. The van der Waals surface area contributed by atoms with Gasteiger partial charge in [-0.25, -0.2) is 9.67 Å². The number of nitrogens with one attached hydrogen (secondary N) is 2. The topological polar surface area (TPSA) is 71.8 Å². The van der Waals surface area contributed by atoms with Crippen molar-refractivity contribution in [1.29, 1.82) is 0 Å². The summed E-state index contributed by atoms with van der Waals surface area (Å²) in [5.41, 5.74) is 4.18. The van der Waals surface area contributed by atoms with Gasteiger partial charge in [-0.1, -0.05) is 18.2 Å². The Morgan fingerprint density at radius 2 is 1.91 bits per heavy atom. The predicted molar refractivity (Wildman–Crippen MR) is 88.0 cm³/mol. The fourth-order valence-electron chi connectivity index (χ4n) is 2.49. The van der Waals surface area contributed by atoms with E-state index in [1.165, 1.54) is 6.33 Å². The number of carbonyl (C=O) groups is 1. The molecular formula is C17H13N5O. The molecule has 6 heteroatoms. The number of amides is 1. The molecule has 2 heterocycles. The van der Waals surface area contributed by atoms with Crippen LogP contribution in [0.2, 0.25) is 0 Å². The quantitative estimate of drug-likeness (QED) is 0.730. The highest BCUT2D eigenvalue weighted by Crippen LogP contribution is 2.31. The van der Waals surface area contributed by atoms with Gasteiger partial charge in [-0.3, -0.25) is 4.79 Å². The number of anilines is 2. The van der Waals surface area contributed by atoms with Crippen molar-refractivity contribution in [1.82, 2.24) is 14.8 Å². The molecule has 0 atom stereocenters. The Labute approximate surface area is 132 Å². The highest BCUT2D eigenvalue weighted by atomic mass is 16.2. The summed E-state index contributed by atoms with van der Waals surface area (Å²) in [5.74, 6) is -0.0991. The third-order valence-electron chi connectivity index (χ3n) is 3.64. The first-order valence-electron chi connectivity index (χ1n) is 7.14. The molecule has 1 aliphatic heterocycles. The Hall–Kier alpha value is -3.41. The van der Waals surface area contributed by atoms with Crippen LogP contribution in [0.5, 0.6) is 0 Å². The predicted octanol–water partition coefficient (Wildman–Crippen LogP) is 2.67. The Balaban J connectivity index is 1.56. The van der Waals surface area contributed by atoms with Crippen LogP contribution in [0.4, 0.5) is 11.4 Å². The van der Waals surface area contributed by atoms with Gasteiger partial charge in [0.15, 0.2) is 0 Å². The lowest BCUT2D eigenvalue weighted by Gasteiger charge is -2.05. The van der Waals surface area contributed by atoms with Gasteiger partial charge in [-0.05, 0) is 30.3 Å². The van der Waals surface area contributed by atoms with Crippen molar-refractivity contribution in [2.24, 2.45) is 0 Å². The van der Waals surface area contributed by atoms with Gasteiger partial charge in [0.1, 0.15) is 12.7 Å². The molecule has 1 amide bonds. The van der Waals surface area contributed by atoms with E-state index < -0.39 is 0 Å². The maximum atomic E-state index is 12.0. The van der Waals surface area contributed by atoms with Crippen LogP contribution in [-0.4, -0.2) is 20.7 Å². The molecule has 4 rings (SSSR count). The Morgan fingerprint density at radius 3 is 2.70 bits per heavy atom. The molecule has 3 aromatic rings. The maximum Gasteiger partial charge on any atom is 0.257 e. The van der Waals surface area contributed by atoms with Crippen molar-refractivity contribution < 1.29 is 4.79 Å². The summed E-state index contributed by atoms with van der Waals surface area (Å²) in [6.45, 7) is 0. The van der Waals surface area contributed by atoms with Crippen molar-refractivity contribution >= 4 is 22.9 Å². The van der Waals surface area contributed by atoms with Crippen LogP contribution in [0, 0.1) is 0 Å². The summed E-state index contributed by atoms with van der Waals surface area (Å²) in [5, 5.41) is 10.1. The van der Waals surface area contributed by atoms with Gasteiger partial charge in [0, 0.05) is 23.1 Å². The van der Waals surface area contributed by atoms with E-state index in [1.54, 1.807) is 17.2 Å². The standard InChI is InChI=1S/C17H13N5O/c23-17-15(14-3-1-2-4-16(14)21-17)9-19-12-5-7-13(8-6-12)22-11-18-10-20-22/h1-11,19H,(H,21,23)/b15-9-. The molecule has 2 N–H and O–H groups in total. The third kappa shape index (κ3) is 2.46. The molecule has 0 radical (unpaired) electrons. The summed E-state index contributed by atoms with van der Waals surface area (Å²) in [4.78, 5) is 15.9. The zero-order chi connectivity index (χ0) is 15.6. The molecule has 0 saturated carbocycles. The molecule has 6 nitrogen and oxygen atoms in total. The summed E-state index contributed by atoms with van der Waals surface area (Å²) < 4.78 is 1.68. The number of para-hydroxylation sites is 1. The van der Waals surface area contributed by atoms with Crippen molar-refractivity contribution in [2.45, 2.75) is 0 Å². The Kier molecular flexibility index (Phi) is 3.12. The molecule has 0 spiro atoms. The molecule has 1 aromatic heterocycles. The van der Waals surface area contributed by atoms with E-state index in [0.717, 1.165) is 22.6 Å². The summed E-state index contributed by atoms with van der Waals surface area (Å²) >= 11 is 0. The third-order valence-corrected chi connectivity index (χ3v) is 3.64. The minimum Gasteiger partial charge on any atom is -0.361 e. The number of nitrogens with zero attached hydrogens (tertiary/aromatic N) is 3. The van der Waals surface area contributed by atoms with E-state index in [2.05, 4.69) is 20.7 Å². The van der Waals surface area contributed by atoms with Gasteiger partial charge in [0.05, 0.1) is 11.3 Å². The van der Waals surface area contributed by atoms with Crippen LogP contribution in [-0.2, 0) is 4.79 Å². The number of hydrogen-bond acceptors (Lipinski definition) is 4. The van der Waals surface area contributed by atoms with Crippen molar-refractivity contribution in [2.75, 3.05) is 10.6 Å². The first kappa shape index (κ1) is 13.3. The van der Waals surface area contributed by atoms with Crippen LogP contribution in [0.3, 0.4) is 0 Å². The lowest BCUT2D eigenvalue weighted by molar-refractivity contribution is -0.110. The molecule has 1 aliphatic rings. The minimum atomic E-state index is -0.0991. The molecule has 0 bridgehead atoms. The van der Waals surface area contributed by atoms with Gasteiger partial charge in [-0.15, -0.1) is 0 Å². The average molecular weight is 303 g/mol. The van der Waals surface area contributed by atoms with E-state index in [9.17, 15) is 4.79 Å².